The van der Waals surface area contributed by atoms with Crippen LogP contribution in [-0.4, -0.2) is 18.3 Å². The molecule has 1 unspecified atom stereocenters. The van der Waals surface area contributed by atoms with Crippen molar-refractivity contribution in [2.45, 2.75) is 17.1 Å². The minimum Gasteiger partial charge on any atom is -0.468 e. The molecule has 1 rings (SSSR count). The maximum Gasteiger partial charge on any atom is 0.318 e. The number of anilines is 1. The molecular weight excluding hydrogens is 234 g/mol. The second-order valence-electron chi connectivity index (χ2n) is 2.94. The van der Waals surface area contributed by atoms with Crippen LogP contribution in [0.1, 0.15) is 6.92 Å². The Morgan fingerprint density at radius 1 is 1.60 bits per heavy atom. The minimum atomic E-state index is -0.322. The standard InChI is InChI=1S/C10H12ClNO2S/c1-6(10(13)14-2)15-9-7(11)4-3-5-8(9)12/h3-6H,12H2,1-2H3. The third-order valence-corrected chi connectivity index (χ3v) is 3.49. The van der Waals surface area contributed by atoms with Crippen LogP contribution in [0.15, 0.2) is 23.1 Å². The van der Waals surface area contributed by atoms with E-state index in [-0.39, 0.29) is 11.2 Å². The van der Waals surface area contributed by atoms with Crippen molar-refractivity contribution in [3.05, 3.63) is 23.2 Å². The molecule has 0 aliphatic heterocycles. The monoisotopic (exact) mass is 245 g/mol. The van der Waals surface area contributed by atoms with Gasteiger partial charge in [-0.1, -0.05) is 17.7 Å². The van der Waals surface area contributed by atoms with Crippen LogP contribution in [0.4, 0.5) is 5.69 Å². The molecule has 0 aliphatic rings. The van der Waals surface area contributed by atoms with Crippen molar-refractivity contribution in [2.75, 3.05) is 12.8 Å². The summed E-state index contributed by atoms with van der Waals surface area (Å²) in [6.45, 7) is 1.75. The van der Waals surface area contributed by atoms with E-state index in [1.165, 1.54) is 18.9 Å². The zero-order chi connectivity index (χ0) is 11.4. The van der Waals surface area contributed by atoms with Crippen LogP contribution < -0.4 is 5.73 Å². The van der Waals surface area contributed by atoms with Gasteiger partial charge in [-0.2, -0.15) is 0 Å². The Morgan fingerprint density at radius 2 is 2.27 bits per heavy atom. The number of halogens is 1. The number of nitrogens with two attached hydrogens (primary N) is 1. The van der Waals surface area contributed by atoms with Crippen molar-refractivity contribution in [3.8, 4) is 0 Å². The van der Waals surface area contributed by atoms with Gasteiger partial charge in [-0.25, -0.2) is 0 Å². The third kappa shape index (κ3) is 3.04. The van der Waals surface area contributed by atoms with Crippen LogP contribution in [0.3, 0.4) is 0 Å². The van der Waals surface area contributed by atoms with Gasteiger partial charge in [-0.3, -0.25) is 4.79 Å². The molecule has 2 N–H and O–H groups in total. The van der Waals surface area contributed by atoms with E-state index in [1.807, 2.05) is 0 Å². The van der Waals surface area contributed by atoms with E-state index in [2.05, 4.69) is 4.74 Å². The quantitative estimate of drug-likeness (QED) is 0.505. The molecule has 15 heavy (non-hydrogen) atoms. The summed E-state index contributed by atoms with van der Waals surface area (Å²) in [6.07, 6.45) is 0. The molecule has 0 bridgehead atoms. The van der Waals surface area contributed by atoms with E-state index in [9.17, 15) is 4.79 Å². The normalized spacial score (nSPS) is 12.2. The summed E-state index contributed by atoms with van der Waals surface area (Å²) < 4.78 is 4.62. The Balaban J connectivity index is 2.85. The van der Waals surface area contributed by atoms with Crippen LogP contribution in [0, 0.1) is 0 Å². The molecule has 1 aromatic rings. The van der Waals surface area contributed by atoms with E-state index < -0.39 is 0 Å². The van der Waals surface area contributed by atoms with Gasteiger partial charge < -0.3 is 10.5 Å². The second-order valence-corrected chi connectivity index (χ2v) is 4.70. The first-order valence-electron chi connectivity index (χ1n) is 4.34. The number of carbonyl (C=O) groups is 1. The van der Waals surface area contributed by atoms with Crippen LogP contribution in [0.25, 0.3) is 0 Å². The molecule has 1 aromatic carbocycles. The number of methoxy groups -OCH3 is 1. The minimum absolute atomic E-state index is 0.292. The fourth-order valence-electron chi connectivity index (χ4n) is 1.04. The third-order valence-electron chi connectivity index (χ3n) is 1.83. The lowest BCUT2D eigenvalue weighted by atomic mass is 10.3. The molecule has 5 heteroatoms. The molecule has 0 saturated heterocycles. The number of thioether (sulfide) groups is 1. The summed E-state index contributed by atoms with van der Waals surface area (Å²) in [5.74, 6) is -0.292. The smallest absolute Gasteiger partial charge is 0.318 e. The Bertz CT molecular complexity index is 350. The first-order chi connectivity index (χ1) is 7.06. The van der Waals surface area contributed by atoms with E-state index in [4.69, 9.17) is 17.3 Å². The zero-order valence-corrected chi connectivity index (χ0v) is 10.1. The van der Waals surface area contributed by atoms with Crippen molar-refractivity contribution >= 4 is 35.0 Å². The summed E-state index contributed by atoms with van der Waals surface area (Å²) in [5, 5.41) is 0.230. The molecule has 0 radical (unpaired) electrons. The fraction of sp³-hybridized carbons (Fsp3) is 0.300. The average molecular weight is 246 g/mol. The predicted octanol–water partition coefficient (Wildman–Crippen LogP) is 2.58. The number of nitrogen functional groups attached to an aromatic ring is 1. The topological polar surface area (TPSA) is 52.3 Å². The highest BCUT2D eigenvalue weighted by atomic mass is 35.5. The van der Waals surface area contributed by atoms with Gasteiger partial charge in [0.15, 0.2) is 0 Å². The van der Waals surface area contributed by atoms with Gasteiger partial charge in [-0.15, -0.1) is 11.8 Å². The summed E-state index contributed by atoms with van der Waals surface area (Å²) in [7, 11) is 1.36. The van der Waals surface area contributed by atoms with E-state index in [0.29, 0.717) is 10.7 Å². The maximum atomic E-state index is 11.2. The Morgan fingerprint density at radius 3 is 2.80 bits per heavy atom. The van der Waals surface area contributed by atoms with Crippen LogP contribution in [0.5, 0.6) is 0 Å². The van der Waals surface area contributed by atoms with Crippen LogP contribution in [0.2, 0.25) is 5.02 Å². The lowest BCUT2D eigenvalue weighted by Crippen LogP contribution is -2.14. The number of hydrogen-bond acceptors (Lipinski definition) is 4. The summed E-state index contributed by atoms with van der Waals surface area (Å²) in [4.78, 5) is 11.9. The van der Waals surface area contributed by atoms with Gasteiger partial charge in [0.25, 0.3) is 0 Å². The molecule has 82 valence electrons. The lowest BCUT2D eigenvalue weighted by molar-refractivity contribution is -0.139. The lowest BCUT2D eigenvalue weighted by Gasteiger charge is -2.11. The highest BCUT2D eigenvalue weighted by Gasteiger charge is 2.17. The first kappa shape index (κ1) is 12.2. The van der Waals surface area contributed by atoms with Crippen molar-refractivity contribution in [3.63, 3.8) is 0 Å². The summed E-state index contributed by atoms with van der Waals surface area (Å²) in [6, 6.07) is 5.26. The molecule has 0 fully saturated rings. The summed E-state index contributed by atoms with van der Waals surface area (Å²) in [5.41, 5.74) is 6.33. The molecule has 1 atom stereocenters. The second kappa shape index (κ2) is 5.28. The number of rotatable bonds is 3. The highest BCUT2D eigenvalue weighted by molar-refractivity contribution is 8.00. The molecule has 3 nitrogen and oxygen atoms in total. The number of ether oxygens (including phenoxy) is 1. The largest absolute Gasteiger partial charge is 0.468 e. The SMILES string of the molecule is COC(=O)C(C)Sc1c(N)cccc1Cl. The Hall–Kier alpha value is -0.870. The van der Waals surface area contributed by atoms with Gasteiger partial charge in [0.1, 0.15) is 5.25 Å². The Labute approximate surface area is 97.9 Å². The van der Waals surface area contributed by atoms with E-state index >= 15 is 0 Å². The van der Waals surface area contributed by atoms with E-state index in [0.717, 1.165) is 4.90 Å². The number of hydrogen-bond donors (Lipinski definition) is 1. The molecule has 0 amide bonds. The van der Waals surface area contributed by atoms with Crippen molar-refractivity contribution in [1.29, 1.82) is 0 Å². The van der Waals surface area contributed by atoms with Gasteiger partial charge >= 0.3 is 5.97 Å². The highest BCUT2D eigenvalue weighted by Crippen LogP contribution is 2.35. The van der Waals surface area contributed by atoms with Gasteiger partial charge in [0.05, 0.1) is 12.1 Å². The predicted molar refractivity (Wildman–Crippen MR) is 63.2 cm³/mol. The first-order valence-corrected chi connectivity index (χ1v) is 5.60. The molecule has 0 spiro atoms. The van der Waals surface area contributed by atoms with Crippen molar-refractivity contribution in [1.82, 2.24) is 0 Å². The van der Waals surface area contributed by atoms with Crippen LogP contribution in [-0.2, 0) is 9.53 Å². The molecule has 0 saturated carbocycles. The van der Waals surface area contributed by atoms with Crippen molar-refractivity contribution < 1.29 is 9.53 Å². The van der Waals surface area contributed by atoms with Gasteiger partial charge in [0, 0.05) is 10.6 Å². The average Bonchev–Trinajstić information content (AvgIpc) is 2.22. The molecule has 0 heterocycles. The van der Waals surface area contributed by atoms with Gasteiger partial charge in [0.2, 0.25) is 0 Å². The molecule has 0 aromatic heterocycles. The number of carbonyl (C=O) groups excluding carboxylic acids is 1. The maximum absolute atomic E-state index is 11.2. The zero-order valence-electron chi connectivity index (χ0n) is 8.49. The van der Waals surface area contributed by atoms with Gasteiger partial charge in [-0.05, 0) is 19.1 Å². The van der Waals surface area contributed by atoms with Crippen LogP contribution >= 0.6 is 23.4 Å². The van der Waals surface area contributed by atoms with Crippen molar-refractivity contribution in [2.24, 2.45) is 0 Å². The molecule has 0 aliphatic carbocycles. The van der Waals surface area contributed by atoms with E-state index in [1.54, 1.807) is 25.1 Å². The summed E-state index contributed by atoms with van der Waals surface area (Å²) >= 11 is 7.27. The number of esters is 1. The Kier molecular flexibility index (Phi) is 4.29. The fourth-order valence-corrected chi connectivity index (χ4v) is 2.29. The molecular formula is C10H12ClNO2S. The number of benzene rings is 1.